The summed E-state index contributed by atoms with van der Waals surface area (Å²) in [5.74, 6) is -1.63. The van der Waals surface area contributed by atoms with Gasteiger partial charge in [0.25, 0.3) is 5.91 Å². The number of oxime groups is 1. The molecule has 0 bridgehead atoms. The van der Waals surface area contributed by atoms with E-state index in [1.807, 2.05) is 44.2 Å². The third kappa shape index (κ3) is 10.6. The van der Waals surface area contributed by atoms with E-state index < -0.39 is 52.0 Å². The van der Waals surface area contributed by atoms with Crippen LogP contribution in [0.4, 0.5) is 4.79 Å². The van der Waals surface area contributed by atoms with Crippen molar-refractivity contribution in [2.24, 2.45) is 22.1 Å². The maximum absolute atomic E-state index is 14.2. The van der Waals surface area contributed by atoms with Crippen LogP contribution in [-0.2, 0) is 39.1 Å². The molecule has 1 fully saturated rings. The molecule has 3 aromatic rings. The van der Waals surface area contributed by atoms with Gasteiger partial charge in [-0.25, -0.2) is 13.2 Å². The SMILES string of the molecule is CC(C)CN(C[C@@H](O)[C@H](Cc1ccccc1)NC(=O)[C@H](C(C)C)N1CC(=O)N(Cc2cccc(CN=[N+]=[N-])c2)C1=O)S(=O)(=O)c1ccc(/C=N/O)cc1. The van der Waals surface area contributed by atoms with Crippen molar-refractivity contribution in [2.45, 2.75) is 70.3 Å². The third-order valence-corrected chi connectivity index (χ3v) is 10.6. The van der Waals surface area contributed by atoms with Crippen LogP contribution in [0, 0.1) is 11.8 Å². The second-order valence-electron chi connectivity index (χ2n) is 13.7. The number of azide groups is 1. The molecule has 3 N–H and O–H groups in total. The van der Waals surface area contributed by atoms with Gasteiger partial charge < -0.3 is 20.5 Å². The molecule has 4 amide bonds. The molecular weight excluding hydrogens is 701 g/mol. The molecule has 3 atom stereocenters. The Morgan fingerprint density at radius 3 is 2.26 bits per heavy atom. The van der Waals surface area contributed by atoms with Crippen LogP contribution in [0.3, 0.4) is 0 Å². The Morgan fingerprint density at radius 1 is 0.981 bits per heavy atom. The summed E-state index contributed by atoms with van der Waals surface area (Å²) in [6.07, 6.45) is -0.0643. The Morgan fingerprint density at radius 2 is 1.64 bits per heavy atom. The number of nitrogens with zero attached hydrogens (tertiary/aromatic N) is 7. The molecule has 53 heavy (non-hydrogen) atoms. The van der Waals surface area contributed by atoms with Crippen LogP contribution in [0.1, 0.15) is 49.9 Å². The van der Waals surface area contributed by atoms with E-state index in [-0.39, 0.29) is 50.0 Å². The quantitative estimate of drug-likeness (QED) is 0.0322. The molecule has 15 nitrogen and oxygen atoms in total. The van der Waals surface area contributed by atoms with E-state index in [2.05, 4.69) is 20.5 Å². The first-order valence-electron chi connectivity index (χ1n) is 17.2. The van der Waals surface area contributed by atoms with Crippen LogP contribution in [0.15, 0.2) is 94.0 Å². The normalized spacial score (nSPS) is 15.3. The van der Waals surface area contributed by atoms with Crippen LogP contribution in [0.5, 0.6) is 0 Å². The highest BCUT2D eigenvalue weighted by Crippen LogP contribution is 2.24. The van der Waals surface area contributed by atoms with E-state index in [4.69, 9.17) is 10.7 Å². The molecule has 0 radical (unpaired) electrons. The maximum Gasteiger partial charge on any atom is 0.328 e. The van der Waals surface area contributed by atoms with Gasteiger partial charge in [0.15, 0.2) is 0 Å². The van der Waals surface area contributed by atoms with Gasteiger partial charge in [-0.15, -0.1) is 0 Å². The van der Waals surface area contributed by atoms with Crippen molar-refractivity contribution in [1.29, 1.82) is 0 Å². The lowest BCUT2D eigenvalue weighted by Gasteiger charge is -2.34. The second-order valence-corrected chi connectivity index (χ2v) is 15.6. The van der Waals surface area contributed by atoms with Gasteiger partial charge in [-0.05, 0) is 58.2 Å². The smallest absolute Gasteiger partial charge is 0.328 e. The number of benzene rings is 3. The predicted octanol–water partition coefficient (Wildman–Crippen LogP) is 4.53. The molecule has 0 saturated carbocycles. The maximum atomic E-state index is 14.2. The summed E-state index contributed by atoms with van der Waals surface area (Å²) >= 11 is 0. The van der Waals surface area contributed by atoms with E-state index in [9.17, 15) is 27.9 Å². The molecule has 1 heterocycles. The molecule has 1 aliphatic heterocycles. The van der Waals surface area contributed by atoms with E-state index in [0.717, 1.165) is 10.5 Å². The Kier molecular flexibility index (Phi) is 14.1. The second kappa shape index (κ2) is 18.5. The number of carbonyl (C=O) groups excluding carboxylic acids is 3. The number of rotatable bonds is 18. The molecule has 1 saturated heterocycles. The summed E-state index contributed by atoms with van der Waals surface area (Å²) in [4.78, 5) is 46.1. The number of nitrogens with one attached hydrogen (secondary N) is 1. The predicted molar refractivity (Wildman–Crippen MR) is 198 cm³/mol. The first kappa shape index (κ1) is 40.5. The minimum absolute atomic E-state index is 0.0203. The average molecular weight is 747 g/mol. The topological polar surface area (TPSA) is 209 Å². The summed E-state index contributed by atoms with van der Waals surface area (Å²) in [6, 6.07) is 19.2. The minimum atomic E-state index is -4.12. The number of hydrogen-bond donors (Lipinski definition) is 3. The van der Waals surface area contributed by atoms with Crippen LogP contribution in [-0.4, -0.2) is 94.7 Å². The van der Waals surface area contributed by atoms with E-state index in [0.29, 0.717) is 16.7 Å². The molecule has 0 unspecified atom stereocenters. The molecule has 0 aromatic heterocycles. The van der Waals surface area contributed by atoms with E-state index in [1.165, 1.54) is 39.7 Å². The Hall–Kier alpha value is -5.28. The molecule has 3 aromatic carbocycles. The Balaban J connectivity index is 1.58. The lowest BCUT2D eigenvalue weighted by molar-refractivity contribution is -0.129. The highest BCUT2D eigenvalue weighted by Gasteiger charge is 2.44. The van der Waals surface area contributed by atoms with E-state index in [1.54, 1.807) is 38.1 Å². The lowest BCUT2D eigenvalue weighted by Crippen LogP contribution is -2.57. The first-order chi connectivity index (χ1) is 25.2. The monoisotopic (exact) mass is 746 g/mol. The summed E-state index contributed by atoms with van der Waals surface area (Å²) in [6.45, 7) is 6.67. The fraction of sp³-hybridized carbons (Fsp3) is 0.405. The van der Waals surface area contributed by atoms with Crippen molar-refractivity contribution in [3.8, 4) is 0 Å². The molecule has 0 aliphatic carbocycles. The van der Waals surface area contributed by atoms with Gasteiger partial charge >= 0.3 is 6.03 Å². The number of carbonyl (C=O) groups is 3. The number of amides is 4. The zero-order valence-electron chi connectivity index (χ0n) is 30.2. The van der Waals surface area contributed by atoms with Crippen molar-refractivity contribution in [3.63, 3.8) is 0 Å². The highest BCUT2D eigenvalue weighted by molar-refractivity contribution is 7.89. The zero-order valence-corrected chi connectivity index (χ0v) is 31.0. The van der Waals surface area contributed by atoms with Crippen molar-refractivity contribution in [2.75, 3.05) is 19.6 Å². The number of urea groups is 1. The molecular formula is C37H46N8O7S. The highest BCUT2D eigenvalue weighted by atomic mass is 32.2. The van der Waals surface area contributed by atoms with Crippen LogP contribution in [0.25, 0.3) is 10.4 Å². The fourth-order valence-electron chi connectivity index (χ4n) is 6.23. The minimum Gasteiger partial charge on any atom is -0.411 e. The van der Waals surface area contributed by atoms with Gasteiger partial charge in [0.05, 0.1) is 36.3 Å². The number of aliphatic hydroxyl groups excluding tert-OH is 1. The van der Waals surface area contributed by atoms with Crippen molar-refractivity contribution in [3.05, 3.63) is 112 Å². The summed E-state index contributed by atoms with van der Waals surface area (Å²) in [7, 11) is -4.12. The average Bonchev–Trinajstić information content (AvgIpc) is 3.38. The van der Waals surface area contributed by atoms with Crippen molar-refractivity contribution in [1.82, 2.24) is 19.4 Å². The Labute approximate surface area is 309 Å². The van der Waals surface area contributed by atoms with E-state index >= 15 is 0 Å². The molecule has 0 spiro atoms. The summed E-state index contributed by atoms with van der Waals surface area (Å²) in [5, 5.41) is 30.0. The number of hydrogen-bond acceptors (Lipinski definition) is 9. The van der Waals surface area contributed by atoms with Gasteiger partial charge in [0.2, 0.25) is 15.9 Å². The van der Waals surface area contributed by atoms with Gasteiger partial charge in [-0.3, -0.25) is 14.5 Å². The number of imide groups is 1. The standard InChI is InChI=1S/C37H46N8O7S/c1-25(2)21-43(53(51,52)31-15-13-28(14-16-31)20-40-50)23-33(46)32(18-27-9-6-5-7-10-27)41-36(48)35(26(3)4)45-24-34(47)44(37(45)49)22-30-12-8-11-29(17-30)19-39-42-38/h5-17,20,25-26,32-33,35,46,50H,18-19,21-24H2,1-4H3,(H,41,48)/b40-20+/t32-,33+,35-/m0/s1. The first-order valence-corrected chi connectivity index (χ1v) is 18.7. The summed E-state index contributed by atoms with van der Waals surface area (Å²) < 4.78 is 29.0. The third-order valence-electron chi connectivity index (χ3n) is 8.74. The Bertz CT molecular complexity index is 1920. The van der Waals surface area contributed by atoms with Crippen LogP contribution in [0.2, 0.25) is 0 Å². The lowest BCUT2D eigenvalue weighted by atomic mass is 9.97. The van der Waals surface area contributed by atoms with Crippen molar-refractivity contribution >= 4 is 34.1 Å². The largest absolute Gasteiger partial charge is 0.411 e. The number of aliphatic hydroxyl groups is 1. The van der Waals surface area contributed by atoms with Crippen molar-refractivity contribution < 1.29 is 33.1 Å². The van der Waals surface area contributed by atoms with Gasteiger partial charge in [0.1, 0.15) is 12.6 Å². The van der Waals surface area contributed by atoms with Crippen LogP contribution >= 0.6 is 0 Å². The number of sulfonamides is 1. The molecule has 1 aliphatic rings. The molecule has 4 rings (SSSR count). The van der Waals surface area contributed by atoms with Gasteiger partial charge in [-0.2, -0.15) is 4.31 Å². The summed E-state index contributed by atoms with van der Waals surface area (Å²) in [5.41, 5.74) is 11.3. The fourth-order valence-corrected chi connectivity index (χ4v) is 7.86. The van der Waals surface area contributed by atoms with Gasteiger partial charge in [0, 0.05) is 18.0 Å². The molecule has 16 heteroatoms. The zero-order chi connectivity index (χ0) is 38.7. The van der Waals surface area contributed by atoms with Gasteiger partial charge in [-0.1, -0.05) is 105 Å². The molecule has 282 valence electrons. The van der Waals surface area contributed by atoms with Crippen LogP contribution < -0.4 is 5.32 Å².